The summed E-state index contributed by atoms with van der Waals surface area (Å²) in [5.74, 6) is -2.58. The summed E-state index contributed by atoms with van der Waals surface area (Å²) in [6.07, 6.45) is 0. The fourth-order valence-electron chi connectivity index (χ4n) is 2.65. The van der Waals surface area contributed by atoms with Crippen LogP contribution in [-0.4, -0.2) is 25.5 Å². The minimum absolute atomic E-state index is 0.117. The van der Waals surface area contributed by atoms with Gasteiger partial charge in [0.05, 0.1) is 18.2 Å². The molecule has 5 nitrogen and oxygen atoms in total. The summed E-state index contributed by atoms with van der Waals surface area (Å²) in [5.41, 5.74) is 0.600. The number of benzene rings is 3. The first-order valence-electron chi connectivity index (χ1n) is 8.98. The number of methoxy groups -OCH3 is 1. The Hall–Kier alpha value is -3.74. The topological polar surface area (TPSA) is 61.8 Å². The fourth-order valence-corrected chi connectivity index (χ4v) is 2.65. The number of carbonyl (C=O) groups is 2. The largest absolute Gasteiger partial charge is 0.493 e. The highest BCUT2D eigenvalue weighted by atomic mass is 19.1. The van der Waals surface area contributed by atoms with Gasteiger partial charge in [0, 0.05) is 0 Å². The van der Waals surface area contributed by atoms with E-state index in [1.165, 1.54) is 19.2 Å². The molecule has 0 aromatic heterocycles. The van der Waals surface area contributed by atoms with E-state index in [4.69, 9.17) is 14.2 Å². The van der Waals surface area contributed by atoms with Gasteiger partial charge in [-0.05, 0) is 42.0 Å². The Bertz CT molecular complexity index is 1050. The molecule has 0 unspecified atom stereocenters. The second kappa shape index (κ2) is 9.65. The third-order valence-electron chi connectivity index (χ3n) is 4.20. The van der Waals surface area contributed by atoms with Gasteiger partial charge >= 0.3 is 5.97 Å². The van der Waals surface area contributed by atoms with E-state index in [0.29, 0.717) is 18.1 Å². The average molecular weight is 412 g/mol. The molecule has 0 amide bonds. The molecule has 3 rings (SSSR count). The number of halogens is 2. The molecule has 0 spiro atoms. The van der Waals surface area contributed by atoms with Crippen LogP contribution in [0.3, 0.4) is 0 Å². The van der Waals surface area contributed by atoms with Crippen molar-refractivity contribution in [3.63, 3.8) is 0 Å². The number of ether oxygens (including phenoxy) is 3. The number of esters is 1. The molecule has 0 aliphatic carbocycles. The average Bonchev–Trinajstić information content (AvgIpc) is 2.78. The van der Waals surface area contributed by atoms with E-state index >= 15 is 0 Å². The maximum absolute atomic E-state index is 13.6. The molecule has 3 aromatic rings. The summed E-state index contributed by atoms with van der Waals surface area (Å²) in [7, 11) is 1.43. The number of carbonyl (C=O) groups excluding carboxylic acids is 2. The lowest BCUT2D eigenvalue weighted by molar-refractivity contribution is 0.0473. The number of ketones is 1. The van der Waals surface area contributed by atoms with Gasteiger partial charge in [0.2, 0.25) is 5.78 Å². The van der Waals surface area contributed by atoms with Gasteiger partial charge in [-0.1, -0.05) is 30.3 Å². The lowest BCUT2D eigenvalue weighted by atomic mass is 10.1. The van der Waals surface area contributed by atoms with Crippen molar-refractivity contribution < 1.29 is 32.6 Å². The highest BCUT2D eigenvalue weighted by molar-refractivity contribution is 5.99. The number of Topliss-reactive ketones (excluding diaryl/α,β-unsaturated/α-hetero) is 1. The highest BCUT2D eigenvalue weighted by Gasteiger charge is 2.17. The van der Waals surface area contributed by atoms with Gasteiger partial charge in [0.15, 0.2) is 18.1 Å². The lowest BCUT2D eigenvalue weighted by Crippen LogP contribution is -2.15. The van der Waals surface area contributed by atoms with Crippen LogP contribution in [0.5, 0.6) is 11.5 Å². The van der Waals surface area contributed by atoms with Gasteiger partial charge < -0.3 is 14.2 Å². The Balaban J connectivity index is 1.64. The molecule has 0 saturated heterocycles. The Labute approximate surface area is 171 Å². The van der Waals surface area contributed by atoms with Crippen LogP contribution in [0, 0.1) is 11.6 Å². The van der Waals surface area contributed by atoms with Gasteiger partial charge in [-0.2, -0.15) is 0 Å². The van der Waals surface area contributed by atoms with Crippen molar-refractivity contribution in [3.05, 3.63) is 95.1 Å². The first kappa shape index (κ1) is 21.0. The number of hydrogen-bond acceptors (Lipinski definition) is 5. The summed E-state index contributed by atoms with van der Waals surface area (Å²) in [4.78, 5) is 24.3. The maximum atomic E-state index is 13.6. The molecule has 0 radical (unpaired) electrons. The number of rotatable bonds is 8. The molecule has 0 bridgehead atoms. The molecule has 0 heterocycles. The van der Waals surface area contributed by atoms with Crippen molar-refractivity contribution in [2.75, 3.05) is 13.7 Å². The van der Waals surface area contributed by atoms with E-state index in [9.17, 15) is 18.4 Å². The van der Waals surface area contributed by atoms with Crippen molar-refractivity contribution >= 4 is 11.8 Å². The summed E-state index contributed by atoms with van der Waals surface area (Å²) < 4.78 is 42.8. The van der Waals surface area contributed by atoms with Crippen LogP contribution in [0.25, 0.3) is 0 Å². The molecule has 7 heteroatoms. The summed E-state index contributed by atoms with van der Waals surface area (Å²) in [6.45, 7) is -0.414. The van der Waals surface area contributed by atoms with Crippen LogP contribution < -0.4 is 9.47 Å². The molecule has 0 atom stereocenters. The van der Waals surface area contributed by atoms with Crippen LogP contribution in [0.1, 0.15) is 26.3 Å². The second-order valence-corrected chi connectivity index (χ2v) is 6.26. The van der Waals surface area contributed by atoms with Crippen molar-refractivity contribution in [1.29, 1.82) is 0 Å². The predicted octanol–water partition coefficient (Wildman–Crippen LogP) is 4.59. The quantitative estimate of drug-likeness (QED) is 0.400. The number of hydrogen-bond donors (Lipinski definition) is 0. The molecular weight excluding hydrogens is 394 g/mol. The molecular formula is C23H18F2O5. The van der Waals surface area contributed by atoms with E-state index in [1.807, 2.05) is 30.3 Å². The minimum atomic E-state index is -0.890. The Morgan fingerprint density at radius 2 is 1.67 bits per heavy atom. The monoisotopic (exact) mass is 412 g/mol. The predicted molar refractivity (Wildman–Crippen MR) is 105 cm³/mol. The van der Waals surface area contributed by atoms with E-state index in [2.05, 4.69) is 0 Å². The van der Waals surface area contributed by atoms with Crippen LogP contribution >= 0.6 is 0 Å². The normalized spacial score (nSPS) is 10.4. The standard InChI is InChI=1S/C23H18F2O5/c1-28-22-11-16(7-10-21(22)29-13-15-5-3-2-4-6-15)23(27)30-14-20(26)18-12-17(24)8-9-19(18)25/h2-12H,13-14H2,1H3. The van der Waals surface area contributed by atoms with Crippen molar-refractivity contribution in [2.24, 2.45) is 0 Å². The zero-order valence-electron chi connectivity index (χ0n) is 16.1. The highest BCUT2D eigenvalue weighted by Crippen LogP contribution is 2.29. The van der Waals surface area contributed by atoms with E-state index in [0.717, 1.165) is 23.8 Å². The fraction of sp³-hybridized carbons (Fsp3) is 0.130. The van der Waals surface area contributed by atoms with E-state index in [-0.39, 0.29) is 5.56 Å². The molecule has 0 N–H and O–H groups in total. The summed E-state index contributed by atoms with van der Waals surface area (Å²) >= 11 is 0. The minimum Gasteiger partial charge on any atom is -0.493 e. The molecule has 3 aromatic carbocycles. The van der Waals surface area contributed by atoms with Crippen molar-refractivity contribution in [1.82, 2.24) is 0 Å². The molecule has 30 heavy (non-hydrogen) atoms. The zero-order chi connectivity index (χ0) is 21.5. The molecule has 154 valence electrons. The Morgan fingerprint density at radius 3 is 2.40 bits per heavy atom. The third-order valence-corrected chi connectivity index (χ3v) is 4.20. The van der Waals surface area contributed by atoms with Gasteiger partial charge in [-0.3, -0.25) is 4.79 Å². The van der Waals surface area contributed by atoms with Gasteiger partial charge in [-0.15, -0.1) is 0 Å². The van der Waals surface area contributed by atoms with E-state index < -0.39 is 35.6 Å². The van der Waals surface area contributed by atoms with Gasteiger partial charge in [0.1, 0.15) is 18.2 Å². The molecule has 0 saturated carbocycles. The first-order valence-corrected chi connectivity index (χ1v) is 8.98. The van der Waals surface area contributed by atoms with Crippen LogP contribution in [0.15, 0.2) is 66.7 Å². The molecule has 0 fully saturated rings. The third kappa shape index (κ3) is 5.20. The van der Waals surface area contributed by atoms with Crippen LogP contribution in [-0.2, 0) is 11.3 Å². The van der Waals surface area contributed by atoms with E-state index in [1.54, 1.807) is 6.07 Å². The van der Waals surface area contributed by atoms with Gasteiger partial charge in [-0.25, -0.2) is 13.6 Å². The summed E-state index contributed by atoms with van der Waals surface area (Å²) in [5, 5.41) is 0. The Morgan fingerprint density at radius 1 is 0.900 bits per heavy atom. The van der Waals surface area contributed by atoms with Crippen LogP contribution in [0.4, 0.5) is 8.78 Å². The Kier molecular flexibility index (Phi) is 6.75. The first-order chi connectivity index (χ1) is 14.5. The van der Waals surface area contributed by atoms with Crippen LogP contribution in [0.2, 0.25) is 0 Å². The lowest BCUT2D eigenvalue weighted by Gasteiger charge is -2.12. The second-order valence-electron chi connectivity index (χ2n) is 6.26. The zero-order valence-corrected chi connectivity index (χ0v) is 16.1. The van der Waals surface area contributed by atoms with Gasteiger partial charge in [0.25, 0.3) is 0 Å². The SMILES string of the molecule is COc1cc(C(=O)OCC(=O)c2cc(F)ccc2F)ccc1OCc1ccccc1. The van der Waals surface area contributed by atoms with Crippen molar-refractivity contribution in [3.8, 4) is 11.5 Å². The van der Waals surface area contributed by atoms with Crippen molar-refractivity contribution in [2.45, 2.75) is 6.61 Å². The summed E-state index contributed by atoms with van der Waals surface area (Å²) in [6, 6.07) is 16.4. The molecule has 0 aliphatic rings. The maximum Gasteiger partial charge on any atom is 0.338 e. The molecule has 0 aliphatic heterocycles. The smallest absolute Gasteiger partial charge is 0.338 e.